The fourth-order valence-electron chi connectivity index (χ4n) is 5.23. The van der Waals surface area contributed by atoms with E-state index in [1.165, 1.54) is 69.1 Å². The fourth-order valence-corrected chi connectivity index (χ4v) is 5.23. The van der Waals surface area contributed by atoms with Crippen molar-refractivity contribution in [2.75, 3.05) is 44.2 Å². The summed E-state index contributed by atoms with van der Waals surface area (Å²) in [6.45, 7) is 9.20. The molecule has 3 heterocycles. The molecule has 0 atom stereocenters. The molecule has 0 amide bonds. The molecule has 0 radical (unpaired) electrons. The third kappa shape index (κ3) is 3.32. The average molecular weight is 366 g/mol. The van der Waals surface area contributed by atoms with Crippen LogP contribution in [-0.4, -0.2) is 71.3 Å². The fraction of sp³-hybridized carbons (Fsp3) is 0.636. The van der Waals surface area contributed by atoms with Gasteiger partial charge >= 0.3 is 0 Å². The lowest BCUT2D eigenvalue weighted by Gasteiger charge is -2.49. The normalized spacial score (nSPS) is 23.7. The minimum Gasteiger partial charge on any atom is -0.351 e. The molecule has 5 rings (SSSR count). The Morgan fingerprint density at radius 3 is 2.11 bits per heavy atom. The van der Waals surface area contributed by atoms with Crippen molar-refractivity contribution in [3.8, 4) is 0 Å². The van der Waals surface area contributed by atoms with Crippen LogP contribution < -0.4 is 4.90 Å². The summed E-state index contributed by atoms with van der Waals surface area (Å²) >= 11 is 0. The second-order valence-corrected chi connectivity index (χ2v) is 8.58. The van der Waals surface area contributed by atoms with Crippen LogP contribution >= 0.6 is 0 Å². The number of benzene rings is 1. The van der Waals surface area contributed by atoms with Gasteiger partial charge in [-0.25, -0.2) is 0 Å². The molecule has 0 unspecified atom stereocenters. The van der Waals surface area contributed by atoms with E-state index in [2.05, 4.69) is 49.2 Å². The largest absolute Gasteiger partial charge is 0.351 e. The lowest BCUT2D eigenvalue weighted by Crippen LogP contribution is -2.64. The van der Waals surface area contributed by atoms with Gasteiger partial charge in [-0.1, -0.05) is 43.5 Å². The zero-order valence-corrected chi connectivity index (χ0v) is 16.5. The highest BCUT2D eigenvalue weighted by molar-refractivity contribution is 5.93. The van der Waals surface area contributed by atoms with E-state index < -0.39 is 0 Å². The second kappa shape index (κ2) is 7.36. The van der Waals surface area contributed by atoms with Gasteiger partial charge in [0, 0.05) is 62.1 Å². The van der Waals surface area contributed by atoms with Crippen molar-refractivity contribution in [1.82, 2.24) is 20.0 Å². The highest BCUT2D eigenvalue weighted by Gasteiger charge is 2.36. The van der Waals surface area contributed by atoms with Crippen molar-refractivity contribution >= 4 is 16.6 Å². The van der Waals surface area contributed by atoms with Crippen molar-refractivity contribution < 1.29 is 0 Å². The molecule has 0 spiro atoms. The molecule has 2 aliphatic heterocycles. The van der Waals surface area contributed by atoms with Crippen LogP contribution in [-0.2, 0) is 0 Å². The number of anilines is 1. The summed E-state index contributed by atoms with van der Waals surface area (Å²) in [6, 6.07) is 10.1. The molecule has 3 fully saturated rings. The summed E-state index contributed by atoms with van der Waals surface area (Å²) in [4.78, 5) is 7.89. The molecule has 5 nitrogen and oxygen atoms in total. The maximum Gasteiger partial charge on any atom is 0.159 e. The Hall–Kier alpha value is -1.72. The molecule has 0 bridgehead atoms. The van der Waals surface area contributed by atoms with Crippen molar-refractivity contribution in [3.63, 3.8) is 0 Å². The third-order valence-corrected chi connectivity index (χ3v) is 6.97. The zero-order chi connectivity index (χ0) is 18.2. The summed E-state index contributed by atoms with van der Waals surface area (Å²) in [5.74, 6) is 1.06. The van der Waals surface area contributed by atoms with Gasteiger partial charge in [-0.2, -0.15) is 5.10 Å². The van der Waals surface area contributed by atoms with E-state index >= 15 is 0 Å². The lowest BCUT2D eigenvalue weighted by molar-refractivity contribution is 0.0487. The zero-order valence-electron chi connectivity index (χ0n) is 16.5. The molecule has 3 aliphatic rings. The first-order valence-electron chi connectivity index (χ1n) is 10.7. The number of fused-ring (bicyclic) bond motifs is 1. The number of aryl methyl sites for hydroxylation is 1. The van der Waals surface area contributed by atoms with Gasteiger partial charge in [0.25, 0.3) is 0 Å². The minimum atomic E-state index is 0.681. The second-order valence-electron chi connectivity index (χ2n) is 8.58. The molecule has 1 aromatic carbocycles. The molecule has 1 aliphatic carbocycles. The Bertz CT molecular complexity index is 786. The number of hydrogen-bond acceptors (Lipinski definition) is 5. The van der Waals surface area contributed by atoms with Crippen LogP contribution in [0.15, 0.2) is 24.3 Å². The molecule has 0 N–H and O–H groups in total. The van der Waals surface area contributed by atoms with E-state index in [0.29, 0.717) is 6.04 Å². The van der Waals surface area contributed by atoms with E-state index in [-0.39, 0.29) is 0 Å². The van der Waals surface area contributed by atoms with E-state index in [0.717, 1.165) is 30.6 Å². The third-order valence-electron chi connectivity index (χ3n) is 6.97. The van der Waals surface area contributed by atoms with Gasteiger partial charge in [-0.05, 0) is 19.8 Å². The van der Waals surface area contributed by atoms with Gasteiger partial charge in [-0.15, -0.1) is 5.10 Å². The van der Waals surface area contributed by atoms with Crippen LogP contribution in [0.3, 0.4) is 0 Å². The number of nitrogens with zero attached hydrogens (tertiary/aromatic N) is 5. The first kappa shape index (κ1) is 17.4. The predicted molar refractivity (Wildman–Crippen MR) is 110 cm³/mol. The number of aromatic nitrogens is 2. The van der Waals surface area contributed by atoms with Crippen LogP contribution in [0, 0.1) is 6.92 Å². The molecular formula is C22H31N5. The molecule has 2 saturated heterocycles. The van der Waals surface area contributed by atoms with E-state index in [9.17, 15) is 0 Å². The number of hydrogen-bond donors (Lipinski definition) is 0. The Labute approximate surface area is 162 Å². The van der Waals surface area contributed by atoms with Gasteiger partial charge in [0.05, 0.1) is 5.69 Å². The highest BCUT2D eigenvalue weighted by atomic mass is 15.4. The van der Waals surface area contributed by atoms with Crippen molar-refractivity contribution in [2.45, 2.75) is 51.1 Å². The van der Waals surface area contributed by atoms with Crippen molar-refractivity contribution in [1.29, 1.82) is 0 Å². The van der Waals surface area contributed by atoms with Crippen LogP contribution in [0.1, 0.15) is 37.8 Å². The first-order chi connectivity index (χ1) is 13.3. The van der Waals surface area contributed by atoms with Crippen molar-refractivity contribution in [2.24, 2.45) is 0 Å². The molecular weight excluding hydrogens is 334 g/mol. The summed E-state index contributed by atoms with van der Waals surface area (Å²) in [6.07, 6.45) is 7.18. The van der Waals surface area contributed by atoms with Crippen LogP contribution in [0.2, 0.25) is 0 Å². The standard InChI is InChI=1S/C22H31N5/c1-17-20-9-5-6-10-21(20)22(24-23-17)27-15-19(16-27)26-13-11-25(12-14-26)18-7-3-2-4-8-18/h5-6,9-10,18-19H,2-4,7-8,11-16H2,1H3. The predicted octanol–water partition coefficient (Wildman–Crippen LogP) is 3.08. The van der Waals surface area contributed by atoms with E-state index in [1.807, 2.05) is 6.92 Å². The Morgan fingerprint density at radius 1 is 0.778 bits per heavy atom. The monoisotopic (exact) mass is 365 g/mol. The SMILES string of the molecule is Cc1nnc(N2CC(N3CCN(C4CCCCC4)CC3)C2)c2ccccc12. The lowest BCUT2D eigenvalue weighted by atomic mass is 9.93. The Kier molecular flexibility index (Phi) is 4.74. The van der Waals surface area contributed by atoms with Crippen LogP contribution in [0.5, 0.6) is 0 Å². The summed E-state index contributed by atoms with van der Waals surface area (Å²) < 4.78 is 0. The van der Waals surface area contributed by atoms with Gasteiger partial charge in [0.1, 0.15) is 0 Å². The molecule has 27 heavy (non-hydrogen) atoms. The topological polar surface area (TPSA) is 35.5 Å². The maximum absolute atomic E-state index is 4.53. The highest BCUT2D eigenvalue weighted by Crippen LogP contribution is 2.30. The first-order valence-corrected chi connectivity index (χ1v) is 10.7. The van der Waals surface area contributed by atoms with Crippen molar-refractivity contribution in [3.05, 3.63) is 30.0 Å². The van der Waals surface area contributed by atoms with Gasteiger partial charge < -0.3 is 4.90 Å². The number of rotatable bonds is 3. The Morgan fingerprint density at radius 2 is 1.41 bits per heavy atom. The molecule has 2 aromatic rings. The molecule has 5 heteroatoms. The molecule has 1 saturated carbocycles. The summed E-state index contributed by atoms with van der Waals surface area (Å²) in [7, 11) is 0. The maximum atomic E-state index is 4.53. The minimum absolute atomic E-state index is 0.681. The Balaban J connectivity index is 1.19. The van der Waals surface area contributed by atoms with Crippen LogP contribution in [0.25, 0.3) is 10.8 Å². The quantitative estimate of drug-likeness (QED) is 0.835. The molecule has 1 aromatic heterocycles. The molecule has 144 valence electrons. The van der Waals surface area contributed by atoms with E-state index in [4.69, 9.17) is 0 Å². The van der Waals surface area contributed by atoms with Crippen LogP contribution in [0.4, 0.5) is 5.82 Å². The average Bonchev–Trinajstić information content (AvgIpc) is 2.70. The van der Waals surface area contributed by atoms with Gasteiger partial charge in [-0.3, -0.25) is 9.80 Å². The summed E-state index contributed by atoms with van der Waals surface area (Å²) in [5, 5.41) is 11.4. The smallest absolute Gasteiger partial charge is 0.159 e. The van der Waals surface area contributed by atoms with E-state index in [1.54, 1.807) is 0 Å². The summed E-state index contributed by atoms with van der Waals surface area (Å²) in [5.41, 5.74) is 1.02. The van der Waals surface area contributed by atoms with Gasteiger partial charge in [0.15, 0.2) is 5.82 Å². The van der Waals surface area contributed by atoms with Gasteiger partial charge in [0.2, 0.25) is 0 Å². The number of piperazine rings is 1.